The van der Waals surface area contributed by atoms with Crippen LogP contribution in [-0.4, -0.2) is 74.5 Å². The number of para-hydroxylation sites is 2. The van der Waals surface area contributed by atoms with Gasteiger partial charge in [-0.2, -0.15) is 0 Å². The normalized spacial score (nSPS) is 22.3. The number of thiophene rings is 1. The second-order valence-corrected chi connectivity index (χ2v) is 10.8. The molecule has 2 aliphatic rings. The van der Waals surface area contributed by atoms with Crippen molar-refractivity contribution < 1.29 is 19.0 Å². The van der Waals surface area contributed by atoms with Crippen LogP contribution in [0.1, 0.15) is 37.5 Å². The Hall–Kier alpha value is -2.87. The maximum atomic E-state index is 12.8. The molecule has 1 aromatic heterocycles. The number of anilines is 1. The third-order valence-corrected chi connectivity index (χ3v) is 8.29. The highest BCUT2D eigenvalue weighted by Gasteiger charge is 2.52. The van der Waals surface area contributed by atoms with Crippen LogP contribution in [0.4, 0.5) is 10.5 Å². The molecule has 1 aromatic carbocycles. The van der Waals surface area contributed by atoms with Gasteiger partial charge in [0.1, 0.15) is 5.75 Å². The number of hydrogen-bond acceptors (Lipinski definition) is 7. The van der Waals surface area contributed by atoms with E-state index in [4.69, 9.17) is 14.2 Å². The Morgan fingerprint density at radius 2 is 1.86 bits per heavy atom. The Bertz CT molecular complexity index is 1050. The van der Waals surface area contributed by atoms with Crippen molar-refractivity contribution in [3.05, 3.63) is 53.6 Å². The van der Waals surface area contributed by atoms with Crippen LogP contribution in [0.5, 0.6) is 10.8 Å². The molecule has 0 bridgehead atoms. The third-order valence-electron chi connectivity index (χ3n) is 7.41. The van der Waals surface area contributed by atoms with E-state index in [2.05, 4.69) is 42.4 Å². The minimum atomic E-state index is -0.702. The molecular weight excluding hydrogens is 474 g/mol. The second kappa shape index (κ2) is 11.5. The Kier molecular flexibility index (Phi) is 8.34. The number of amides is 1. The average molecular weight is 514 g/mol. The molecule has 196 valence electrons. The lowest BCUT2D eigenvalue weighted by Gasteiger charge is -2.52. The number of benzene rings is 1. The highest BCUT2D eigenvalue weighted by molar-refractivity contribution is 7.13. The lowest BCUT2D eigenvalue weighted by atomic mass is 9.79. The first-order valence-corrected chi connectivity index (χ1v) is 13.7. The molecule has 2 aromatic rings. The summed E-state index contributed by atoms with van der Waals surface area (Å²) < 4.78 is 17.7. The molecule has 2 fully saturated rings. The number of carbonyl (C=O) groups excluding carboxylic acids is 1. The fraction of sp³-hybridized carbons (Fsp3) is 0.536. The Balaban J connectivity index is 1.62. The molecule has 3 heterocycles. The van der Waals surface area contributed by atoms with E-state index in [1.54, 1.807) is 18.4 Å². The average Bonchev–Trinajstić information content (AvgIpc) is 3.32. The first-order valence-electron chi connectivity index (χ1n) is 12.9. The first-order chi connectivity index (χ1) is 17.4. The summed E-state index contributed by atoms with van der Waals surface area (Å²) >= 11 is 1.64. The number of likely N-dealkylation sites (tertiary alicyclic amines) is 1. The Labute approximate surface area is 219 Å². The number of nitrogens with zero attached hydrogens (tertiary/aromatic N) is 3. The minimum absolute atomic E-state index is 0.147. The molecule has 8 heteroatoms. The summed E-state index contributed by atoms with van der Waals surface area (Å²) in [6.07, 6.45) is 3.10. The number of rotatable bonds is 8. The van der Waals surface area contributed by atoms with E-state index in [9.17, 15) is 4.79 Å². The predicted octanol–water partition coefficient (Wildman–Crippen LogP) is 5.55. The standard InChI is InChI=1S/C28H39N3O4S/c1-6-10-25-28(35-26-14-13-21(2)36-26,15-9-16-31(25)27(32)34-5)22(3)29-17-19-30(20-18-29)23-11-7-8-12-24(23)33-4/h7-8,11-14,25H,3,6,9-10,15-20H2,1-2,4-5H3. The van der Waals surface area contributed by atoms with E-state index in [-0.39, 0.29) is 12.1 Å². The van der Waals surface area contributed by atoms with E-state index in [1.165, 1.54) is 12.0 Å². The predicted molar refractivity (Wildman–Crippen MR) is 145 cm³/mol. The Morgan fingerprint density at radius 3 is 2.50 bits per heavy atom. The van der Waals surface area contributed by atoms with Gasteiger partial charge in [-0.25, -0.2) is 4.79 Å². The number of carbonyl (C=O) groups is 1. The van der Waals surface area contributed by atoms with Gasteiger partial charge in [0.25, 0.3) is 0 Å². The van der Waals surface area contributed by atoms with Crippen molar-refractivity contribution in [1.29, 1.82) is 0 Å². The summed E-state index contributed by atoms with van der Waals surface area (Å²) in [5.74, 6) is 0.890. The number of ether oxygens (including phenoxy) is 3. The van der Waals surface area contributed by atoms with Gasteiger partial charge in [-0.05, 0) is 50.5 Å². The molecule has 2 aliphatic heterocycles. The molecule has 4 rings (SSSR count). The van der Waals surface area contributed by atoms with Gasteiger partial charge >= 0.3 is 6.09 Å². The molecule has 7 nitrogen and oxygen atoms in total. The summed E-state index contributed by atoms with van der Waals surface area (Å²) in [6, 6.07) is 12.1. The van der Waals surface area contributed by atoms with Gasteiger partial charge in [-0.3, -0.25) is 0 Å². The molecule has 0 N–H and O–H groups in total. The lowest BCUT2D eigenvalue weighted by molar-refractivity contribution is -0.0471. The van der Waals surface area contributed by atoms with E-state index < -0.39 is 5.60 Å². The highest BCUT2D eigenvalue weighted by atomic mass is 32.1. The fourth-order valence-corrected chi connectivity index (χ4v) is 6.40. The monoisotopic (exact) mass is 513 g/mol. The third kappa shape index (κ3) is 5.14. The van der Waals surface area contributed by atoms with Gasteiger partial charge < -0.3 is 28.9 Å². The van der Waals surface area contributed by atoms with Crippen molar-refractivity contribution in [2.45, 2.75) is 51.2 Å². The van der Waals surface area contributed by atoms with E-state index in [1.807, 2.05) is 29.2 Å². The van der Waals surface area contributed by atoms with Gasteiger partial charge in [0, 0.05) is 37.6 Å². The maximum absolute atomic E-state index is 12.8. The smallest absolute Gasteiger partial charge is 0.409 e. The van der Waals surface area contributed by atoms with Crippen molar-refractivity contribution in [2.75, 3.05) is 51.8 Å². The largest absolute Gasteiger partial charge is 0.495 e. The molecule has 36 heavy (non-hydrogen) atoms. The molecular formula is C28H39N3O4S. The summed E-state index contributed by atoms with van der Waals surface area (Å²) in [5.41, 5.74) is 1.37. The van der Waals surface area contributed by atoms with E-state index >= 15 is 0 Å². The topological polar surface area (TPSA) is 54.5 Å². The summed E-state index contributed by atoms with van der Waals surface area (Å²) in [6.45, 7) is 12.9. The van der Waals surface area contributed by atoms with Crippen molar-refractivity contribution in [3.8, 4) is 10.8 Å². The van der Waals surface area contributed by atoms with Crippen LogP contribution >= 0.6 is 11.3 Å². The van der Waals surface area contributed by atoms with Crippen LogP contribution in [0.25, 0.3) is 0 Å². The quantitative estimate of drug-likeness (QED) is 0.461. The van der Waals surface area contributed by atoms with Crippen molar-refractivity contribution in [1.82, 2.24) is 9.80 Å². The summed E-state index contributed by atoms with van der Waals surface area (Å²) in [4.78, 5) is 20.6. The van der Waals surface area contributed by atoms with E-state index in [0.717, 1.165) is 74.1 Å². The van der Waals surface area contributed by atoms with Gasteiger partial charge in [-0.15, -0.1) is 11.3 Å². The lowest BCUT2D eigenvalue weighted by Crippen LogP contribution is -2.65. The molecule has 0 spiro atoms. The number of methoxy groups -OCH3 is 2. The zero-order valence-corrected chi connectivity index (χ0v) is 22.8. The number of hydrogen-bond donors (Lipinski definition) is 0. The molecule has 2 saturated heterocycles. The zero-order chi connectivity index (χ0) is 25.7. The van der Waals surface area contributed by atoms with Crippen LogP contribution in [0.2, 0.25) is 0 Å². The number of piperidine rings is 1. The van der Waals surface area contributed by atoms with Gasteiger partial charge in [0.2, 0.25) is 0 Å². The highest BCUT2D eigenvalue weighted by Crippen LogP contribution is 2.43. The number of aryl methyl sites for hydroxylation is 1. The molecule has 0 saturated carbocycles. The molecule has 0 radical (unpaired) electrons. The number of piperazine rings is 1. The van der Waals surface area contributed by atoms with Crippen LogP contribution in [-0.2, 0) is 4.74 Å². The first kappa shape index (κ1) is 26.2. The van der Waals surface area contributed by atoms with Crippen LogP contribution in [0, 0.1) is 6.92 Å². The molecule has 2 unspecified atom stereocenters. The van der Waals surface area contributed by atoms with E-state index in [0.29, 0.717) is 6.54 Å². The van der Waals surface area contributed by atoms with Gasteiger partial charge in [0.05, 0.1) is 31.6 Å². The molecule has 0 aliphatic carbocycles. The van der Waals surface area contributed by atoms with Crippen LogP contribution < -0.4 is 14.4 Å². The minimum Gasteiger partial charge on any atom is -0.495 e. The van der Waals surface area contributed by atoms with Crippen molar-refractivity contribution >= 4 is 23.1 Å². The molecule has 2 atom stereocenters. The maximum Gasteiger partial charge on any atom is 0.409 e. The van der Waals surface area contributed by atoms with Crippen LogP contribution in [0.3, 0.4) is 0 Å². The second-order valence-electron chi connectivity index (χ2n) is 9.52. The van der Waals surface area contributed by atoms with Crippen molar-refractivity contribution in [3.63, 3.8) is 0 Å². The Morgan fingerprint density at radius 1 is 1.11 bits per heavy atom. The SMILES string of the molecule is C=C(N1CCN(c2ccccc2OC)CC1)C1(Oc2ccc(C)s2)CCCN(C(=O)OC)C1CCC. The fourth-order valence-electron chi connectivity index (χ4n) is 5.62. The molecule has 1 amide bonds. The van der Waals surface area contributed by atoms with Gasteiger partial charge in [-0.1, -0.05) is 32.1 Å². The van der Waals surface area contributed by atoms with Crippen molar-refractivity contribution in [2.24, 2.45) is 0 Å². The zero-order valence-electron chi connectivity index (χ0n) is 22.0. The van der Waals surface area contributed by atoms with Crippen LogP contribution in [0.15, 0.2) is 48.7 Å². The van der Waals surface area contributed by atoms with Gasteiger partial charge in [0.15, 0.2) is 10.7 Å². The summed E-state index contributed by atoms with van der Waals surface area (Å²) in [7, 11) is 3.17. The summed E-state index contributed by atoms with van der Waals surface area (Å²) in [5, 5.41) is 0.870.